The normalized spacial score (nSPS) is 11.0. The summed E-state index contributed by atoms with van der Waals surface area (Å²) >= 11 is 6.20. The van der Waals surface area contributed by atoms with Crippen molar-refractivity contribution in [3.05, 3.63) is 70.8 Å². The smallest absolute Gasteiger partial charge is 0.117 e. The van der Waals surface area contributed by atoms with Crippen LogP contribution in [0.4, 0.5) is 0 Å². The van der Waals surface area contributed by atoms with Crippen molar-refractivity contribution in [2.24, 2.45) is 0 Å². The number of halogens is 1. The van der Waals surface area contributed by atoms with Crippen LogP contribution < -0.4 is 0 Å². The summed E-state index contributed by atoms with van der Waals surface area (Å²) in [6.07, 6.45) is 2.65. The van der Waals surface area contributed by atoms with E-state index in [4.69, 9.17) is 11.6 Å². The van der Waals surface area contributed by atoms with Crippen LogP contribution >= 0.6 is 11.6 Å². The minimum atomic E-state index is 0.749. The van der Waals surface area contributed by atoms with Crippen molar-refractivity contribution in [3.8, 4) is 0 Å². The lowest BCUT2D eigenvalue weighted by Crippen LogP contribution is -1.99. The third-order valence-corrected chi connectivity index (χ3v) is 3.49. The third-order valence-electron chi connectivity index (χ3n) is 3.13. The van der Waals surface area contributed by atoms with E-state index in [0.29, 0.717) is 0 Å². The van der Waals surface area contributed by atoms with Gasteiger partial charge >= 0.3 is 0 Å². The van der Waals surface area contributed by atoms with Crippen LogP contribution in [0.2, 0.25) is 5.02 Å². The van der Waals surface area contributed by atoms with Crippen LogP contribution in [0.5, 0.6) is 0 Å². The van der Waals surface area contributed by atoms with Crippen LogP contribution in [0.25, 0.3) is 5.52 Å². The summed E-state index contributed by atoms with van der Waals surface area (Å²) in [4.78, 5) is 4.50. The highest BCUT2D eigenvalue weighted by atomic mass is 35.5. The van der Waals surface area contributed by atoms with Gasteiger partial charge in [0.2, 0.25) is 0 Å². The Morgan fingerprint density at radius 3 is 2.78 bits per heavy atom. The van der Waals surface area contributed by atoms with E-state index >= 15 is 0 Å². The Kier molecular flexibility index (Phi) is 2.80. The molecule has 0 amide bonds. The molecule has 1 aromatic carbocycles. The number of rotatable bonds is 2. The molecule has 0 N–H and O–H groups in total. The van der Waals surface area contributed by atoms with Gasteiger partial charge < -0.3 is 4.40 Å². The minimum absolute atomic E-state index is 0.749. The Labute approximate surface area is 111 Å². The highest BCUT2D eigenvalue weighted by Gasteiger charge is 2.08. The molecular formula is C15H13ClN2. The first kappa shape index (κ1) is 11.3. The van der Waals surface area contributed by atoms with Gasteiger partial charge in [-0.3, -0.25) is 0 Å². The number of imidazole rings is 1. The van der Waals surface area contributed by atoms with Crippen molar-refractivity contribution in [1.29, 1.82) is 0 Å². The van der Waals surface area contributed by atoms with Crippen LogP contribution in [0.15, 0.2) is 48.7 Å². The van der Waals surface area contributed by atoms with Crippen molar-refractivity contribution in [3.63, 3.8) is 0 Å². The largest absolute Gasteiger partial charge is 0.301 e. The van der Waals surface area contributed by atoms with Crippen LogP contribution in [-0.4, -0.2) is 9.38 Å². The molecule has 0 unspecified atom stereocenters. The van der Waals surface area contributed by atoms with Gasteiger partial charge in [-0.05, 0) is 30.7 Å². The van der Waals surface area contributed by atoms with E-state index in [2.05, 4.69) is 28.4 Å². The van der Waals surface area contributed by atoms with Crippen molar-refractivity contribution in [1.82, 2.24) is 9.38 Å². The fourth-order valence-electron chi connectivity index (χ4n) is 2.23. The molecule has 0 aliphatic heterocycles. The fraction of sp³-hybridized carbons (Fsp3) is 0.133. The van der Waals surface area contributed by atoms with E-state index in [9.17, 15) is 0 Å². The molecule has 2 heterocycles. The molecule has 0 bridgehead atoms. The zero-order chi connectivity index (χ0) is 12.5. The van der Waals surface area contributed by atoms with Crippen molar-refractivity contribution in [2.75, 3.05) is 0 Å². The number of benzene rings is 1. The number of fused-ring (bicyclic) bond motifs is 1. The zero-order valence-electron chi connectivity index (χ0n) is 10.1. The van der Waals surface area contributed by atoms with Crippen molar-refractivity contribution < 1.29 is 0 Å². The SMILES string of the molecule is Cc1cccc2cnc(Cc3ccccc3Cl)n12. The fourth-order valence-corrected chi connectivity index (χ4v) is 2.43. The summed E-state index contributed by atoms with van der Waals surface area (Å²) in [6, 6.07) is 14.1. The molecule has 3 rings (SSSR count). The molecule has 0 saturated carbocycles. The van der Waals surface area contributed by atoms with Gasteiger partial charge in [-0.15, -0.1) is 0 Å². The molecule has 0 radical (unpaired) electrons. The monoisotopic (exact) mass is 256 g/mol. The van der Waals surface area contributed by atoms with E-state index in [0.717, 1.165) is 28.3 Å². The Hall–Kier alpha value is -1.80. The van der Waals surface area contributed by atoms with Gasteiger partial charge in [0.05, 0.1) is 11.7 Å². The van der Waals surface area contributed by atoms with E-state index < -0.39 is 0 Å². The van der Waals surface area contributed by atoms with Gasteiger partial charge in [0.15, 0.2) is 0 Å². The summed E-state index contributed by atoms with van der Waals surface area (Å²) in [5, 5.41) is 0.794. The topological polar surface area (TPSA) is 17.3 Å². The standard InChI is InChI=1S/C15H13ClN2/c1-11-5-4-7-13-10-17-15(18(11)13)9-12-6-2-3-8-14(12)16/h2-8,10H,9H2,1H3. The number of aryl methyl sites for hydroxylation is 1. The Balaban J connectivity index is 2.09. The summed E-state index contributed by atoms with van der Waals surface area (Å²) in [7, 11) is 0. The zero-order valence-corrected chi connectivity index (χ0v) is 10.9. The highest BCUT2D eigenvalue weighted by molar-refractivity contribution is 6.31. The first-order chi connectivity index (χ1) is 8.75. The maximum Gasteiger partial charge on any atom is 0.117 e. The van der Waals surface area contributed by atoms with Crippen LogP contribution in [0, 0.1) is 6.92 Å². The Morgan fingerprint density at radius 1 is 1.11 bits per heavy atom. The van der Waals surface area contributed by atoms with E-state index in [1.807, 2.05) is 36.5 Å². The Bertz CT molecular complexity index is 701. The molecule has 0 fully saturated rings. The second-order valence-corrected chi connectivity index (χ2v) is 4.78. The van der Waals surface area contributed by atoms with Crippen molar-refractivity contribution in [2.45, 2.75) is 13.3 Å². The van der Waals surface area contributed by atoms with E-state index in [-0.39, 0.29) is 0 Å². The quantitative estimate of drug-likeness (QED) is 0.680. The Morgan fingerprint density at radius 2 is 1.94 bits per heavy atom. The number of hydrogen-bond donors (Lipinski definition) is 0. The predicted molar refractivity (Wildman–Crippen MR) is 74.2 cm³/mol. The molecule has 0 saturated heterocycles. The summed E-state index contributed by atoms with van der Waals surface area (Å²) < 4.78 is 2.17. The van der Waals surface area contributed by atoms with Gasteiger partial charge in [0.25, 0.3) is 0 Å². The number of pyridine rings is 1. The summed E-state index contributed by atoms with van der Waals surface area (Å²) in [5.74, 6) is 1.02. The first-order valence-corrected chi connectivity index (χ1v) is 6.29. The first-order valence-electron chi connectivity index (χ1n) is 5.91. The second kappa shape index (κ2) is 4.46. The lowest BCUT2D eigenvalue weighted by molar-refractivity contribution is 0.932. The van der Waals surface area contributed by atoms with Gasteiger partial charge in [-0.25, -0.2) is 4.98 Å². The van der Waals surface area contributed by atoms with E-state index in [1.165, 1.54) is 5.69 Å². The highest BCUT2D eigenvalue weighted by Crippen LogP contribution is 2.19. The molecule has 3 heteroatoms. The summed E-state index contributed by atoms with van der Waals surface area (Å²) in [6.45, 7) is 2.09. The molecule has 0 aliphatic carbocycles. The number of nitrogens with zero attached hydrogens (tertiary/aromatic N) is 2. The van der Waals surface area contributed by atoms with Gasteiger partial charge in [-0.1, -0.05) is 35.9 Å². The predicted octanol–water partition coefficient (Wildman–Crippen LogP) is 3.89. The van der Waals surface area contributed by atoms with Crippen LogP contribution in [0.3, 0.4) is 0 Å². The van der Waals surface area contributed by atoms with Crippen LogP contribution in [0.1, 0.15) is 17.1 Å². The molecule has 2 nitrogen and oxygen atoms in total. The van der Waals surface area contributed by atoms with E-state index in [1.54, 1.807) is 0 Å². The molecular weight excluding hydrogens is 244 g/mol. The molecule has 18 heavy (non-hydrogen) atoms. The summed E-state index contributed by atoms with van der Waals surface area (Å²) in [5.41, 5.74) is 3.42. The average Bonchev–Trinajstić information content (AvgIpc) is 2.77. The number of hydrogen-bond acceptors (Lipinski definition) is 1. The molecule has 0 atom stereocenters. The molecule has 0 aliphatic rings. The molecule has 0 spiro atoms. The minimum Gasteiger partial charge on any atom is -0.301 e. The maximum atomic E-state index is 6.20. The maximum absolute atomic E-state index is 6.20. The van der Waals surface area contributed by atoms with Gasteiger partial charge in [0, 0.05) is 17.1 Å². The van der Waals surface area contributed by atoms with Crippen molar-refractivity contribution >= 4 is 17.1 Å². The molecule has 3 aromatic rings. The number of aromatic nitrogens is 2. The molecule has 2 aromatic heterocycles. The van der Waals surface area contributed by atoms with Crippen LogP contribution in [-0.2, 0) is 6.42 Å². The third kappa shape index (κ3) is 1.89. The molecule has 90 valence electrons. The lowest BCUT2D eigenvalue weighted by Gasteiger charge is -2.06. The van der Waals surface area contributed by atoms with Gasteiger partial charge in [-0.2, -0.15) is 0 Å². The average molecular weight is 257 g/mol. The second-order valence-electron chi connectivity index (χ2n) is 4.37. The van der Waals surface area contributed by atoms with Gasteiger partial charge in [0.1, 0.15) is 5.82 Å². The lowest BCUT2D eigenvalue weighted by atomic mass is 10.1.